The minimum atomic E-state index is -0.532. The molecule has 0 saturated heterocycles. The van der Waals surface area contributed by atoms with Crippen LogP contribution in [0.15, 0.2) is 82.7 Å². The van der Waals surface area contributed by atoms with E-state index in [0.29, 0.717) is 16.7 Å². The lowest BCUT2D eigenvalue weighted by Crippen LogP contribution is -2.19. The molecule has 2 heterocycles. The van der Waals surface area contributed by atoms with E-state index < -0.39 is 5.25 Å². The van der Waals surface area contributed by atoms with E-state index in [2.05, 4.69) is 15.5 Å². The molecule has 0 aliphatic carbocycles. The summed E-state index contributed by atoms with van der Waals surface area (Å²) >= 11 is 1.36. The van der Waals surface area contributed by atoms with Crippen molar-refractivity contribution in [2.24, 2.45) is 0 Å². The first-order valence-electron chi connectivity index (χ1n) is 9.27. The zero-order chi connectivity index (χ0) is 20.9. The van der Waals surface area contributed by atoms with Crippen LogP contribution in [0, 0.1) is 6.92 Å². The van der Waals surface area contributed by atoms with Crippen molar-refractivity contribution in [3.05, 3.63) is 84.4 Å². The maximum absolute atomic E-state index is 13.1. The van der Waals surface area contributed by atoms with Gasteiger partial charge < -0.3 is 14.6 Å². The summed E-state index contributed by atoms with van der Waals surface area (Å²) in [5.74, 6) is 1.55. The average molecular weight is 420 g/mol. The molecule has 2 aromatic carbocycles. The fraction of sp³-hybridized carbons (Fsp3) is 0.136. The highest BCUT2D eigenvalue weighted by molar-refractivity contribution is 8.00. The third-order valence-electron chi connectivity index (χ3n) is 4.38. The number of rotatable bonds is 7. The Kier molecular flexibility index (Phi) is 5.85. The molecule has 0 unspecified atom stereocenters. The Hall–Kier alpha value is -3.52. The predicted molar refractivity (Wildman–Crippen MR) is 115 cm³/mol. The molecular weight excluding hydrogens is 400 g/mol. The number of benzene rings is 2. The monoisotopic (exact) mass is 420 g/mol. The van der Waals surface area contributed by atoms with Crippen LogP contribution in [0.3, 0.4) is 0 Å². The van der Waals surface area contributed by atoms with Gasteiger partial charge in [0.1, 0.15) is 16.8 Å². The third-order valence-corrected chi connectivity index (χ3v) is 5.62. The normalized spacial score (nSPS) is 11.8. The van der Waals surface area contributed by atoms with Gasteiger partial charge in [-0.05, 0) is 24.6 Å². The lowest BCUT2D eigenvalue weighted by atomic mass is 10.1. The van der Waals surface area contributed by atoms with Gasteiger partial charge in [-0.25, -0.2) is 4.98 Å². The van der Waals surface area contributed by atoms with Crippen LogP contribution in [-0.2, 0) is 4.79 Å². The molecule has 4 rings (SSSR count). The van der Waals surface area contributed by atoms with Gasteiger partial charge in [0.25, 0.3) is 0 Å². The summed E-state index contributed by atoms with van der Waals surface area (Å²) in [4.78, 5) is 17.6. The number of ether oxygens (including phenoxy) is 1. The Balaban J connectivity index is 1.64. The van der Waals surface area contributed by atoms with Gasteiger partial charge in [-0.3, -0.25) is 9.36 Å². The van der Waals surface area contributed by atoms with Gasteiger partial charge in [-0.15, -0.1) is 0 Å². The van der Waals surface area contributed by atoms with E-state index in [9.17, 15) is 4.79 Å². The average Bonchev–Trinajstić information content (AvgIpc) is 3.41. The zero-order valence-corrected chi connectivity index (χ0v) is 17.3. The van der Waals surface area contributed by atoms with Crippen LogP contribution in [0.4, 0.5) is 5.82 Å². The summed E-state index contributed by atoms with van der Waals surface area (Å²) in [6, 6.07) is 18.9. The Morgan fingerprint density at radius 2 is 2.00 bits per heavy atom. The summed E-state index contributed by atoms with van der Waals surface area (Å²) < 4.78 is 12.3. The Morgan fingerprint density at radius 1 is 1.17 bits per heavy atom. The van der Waals surface area contributed by atoms with E-state index in [0.717, 1.165) is 17.0 Å². The maximum Gasteiger partial charge on any atom is 0.243 e. The molecule has 0 saturated carbocycles. The fourth-order valence-corrected chi connectivity index (χ4v) is 4.03. The SMILES string of the molecule is COc1cccc(-n2ccnc2S[C@H](C(=O)Nc2cc(C)on2)c2ccccc2)c1. The van der Waals surface area contributed by atoms with Gasteiger partial charge in [-0.1, -0.05) is 53.3 Å². The maximum atomic E-state index is 13.1. The van der Waals surface area contributed by atoms with E-state index in [4.69, 9.17) is 9.26 Å². The van der Waals surface area contributed by atoms with E-state index in [-0.39, 0.29) is 5.91 Å². The molecule has 4 aromatic rings. The standard InChI is InChI=1S/C22H20N4O3S/c1-15-13-19(25-29-15)24-21(27)20(16-7-4-3-5-8-16)30-22-23-11-12-26(22)17-9-6-10-18(14-17)28-2/h3-14,20H,1-2H3,(H,24,25,27)/t20-/m0/s1. The molecule has 152 valence electrons. The van der Waals surface area contributed by atoms with Crippen LogP contribution in [0.25, 0.3) is 5.69 Å². The smallest absolute Gasteiger partial charge is 0.243 e. The summed E-state index contributed by atoms with van der Waals surface area (Å²) in [5, 5.41) is 6.84. The number of imidazole rings is 1. The topological polar surface area (TPSA) is 82.2 Å². The number of carbonyl (C=O) groups is 1. The van der Waals surface area contributed by atoms with Crippen LogP contribution < -0.4 is 10.1 Å². The number of hydrogen-bond acceptors (Lipinski definition) is 6. The summed E-state index contributed by atoms with van der Waals surface area (Å²) in [6.45, 7) is 1.77. The number of carbonyl (C=O) groups excluding carboxylic acids is 1. The van der Waals surface area contributed by atoms with Crippen molar-refractivity contribution < 1.29 is 14.1 Å². The third kappa shape index (κ3) is 4.38. The summed E-state index contributed by atoms with van der Waals surface area (Å²) in [6.07, 6.45) is 3.57. The number of aryl methyl sites for hydroxylation is 1. The number of nitrogens with one attached hydrogen (secondary N) is 1. The Labute approximate surface area is 178 Å². The molecule has 1 N–H and O–H groups in total. The van der Waals surface area contributed by atoms with Crippen LogP contribution in [0.1, 0.15) is 16.6 Å². The largest absolute Gasteiger partial charge is 0.497 e. The predicted octanol–water partition coefficient (Wildman–Crippen LogP) is 4.65. The van der Waals surface area contributed by atoms with E-state index in [1.54, 1.807) is 26.3 Å². The van der Waals surface area contributed by atoms with E-state index in [1.807, 2.05) is 65.4 Å². The number of aromatic nitrogens is 3. The van der Waals surface area contributed by atoms with Crippen molar-refractivity contribution in [3.8, 4) is 11.4 Å². The first-order chi connectivity index (χ1) is 14.6. The summed E-state index contributed by atoms with van der Waals surface area (Å²) in [5.41, 5.74) is 1.76. The van der Waals surface area contributed by atoms with Crippen molar-refractivity contribution in [2.45, 2.75) is 17.3 Å². The van der Waals surface area contributed by atoms with Gasteiger partial charge >= 0.3 is 0 Å². The number of hydrogen-bond donors (Lipinski definition) is 1. The molecule has 1 amide bonds. The quantitative estimate of drug-likeness (QED) is 0.438. The number of amides is 1. The highest BCUT2D eigenvalue weighted by Crippen LogP contribution is 2.36. The minimum absolute atomic E-state index is 0.209. The number of thioether (sulfide) groups is 1. The first-order valence-corrected chi connectivity index (χ1v) is 10.2. The molecule has 8 heteroatoms. The molecule has 30 heavy (non-hydrogen) atoms. The van der Waals surface area contributed by atoms with Crippen LogP contribution >= 0.6 is 11.8 Å². The summed E-state index contributed by atoms with van der Waals surface area (Å²) in [7, 11) is 1.63. The van der Waals surface area contributed by atoms with E-state index in [1.165, 1.54) is 11.8 Å². The lowest BCUT2D eigenvalue weighted by molar-refractivity contribution is -0.115. The van der Waals surface area contributed by atoms with Gasteiger partial charge in [0.15, 0.2) is 11.0 Å². The minimum Gasteiger partial charge on any atom is -0.497 e. The van der Waals surface area contributed by atoms with Crippen molar-refractivity contribution in [1.29, 1.82) is 0 Å². The molecule has 0 bridgehead atoms. The zero-order valence-electron chi connectivity index (χ0n) is 16.5. The second-order valence-electron chi connectivity index (χ2n) is 6.50. The van der Waals surface area contributed by atoms with Crippen molar-refractivity contribution in [3.63, 3.8) is 0 Å². The number of methoxy groups -OCH3 is 1. The van der Waals surface area contributed by atoms with Gasteiger partial charge in [0.05, 0.1) is 12.8 Å². The Morgan fingerprint density at radius 3 is 2.73 bits per heavy atom. The van der Waals surface area contributed by atoms with Crippen molar-refractivity contribution >= 4 is 23.5 Å². The molecule has 7 nitrogen and oxygen atoms in total. The van der Waals surface area contributed by atoms with Crippen LogP contribution in [0.5, 0.6) is 5.75 Å². The number of nitrogens with zero attached hydrogens (tertiary/aromatic N) is 3. The van der Waals surface area contributed by atoms with Crippen molar-refractivity contribution in [2.75, 3.05) is 12.4 Å². The first kappa shape index (κ1) is 19.8. The molecule has 0 radical (unpaired) electrons. The van der Waals surface area contributed by atoms with Crippen LogP contribution in [0.2, 0.25) is 0 Å². The number of anilines is 1. The highest BCUT2D eigenvalue weighted by atomic mass is 32.2. The Bertz CT molecular complexity index is 1140. The van der Waals surface area contributed by atoms with E-state index >= 15 is 0 Å². The molecule has 2 aromatic heterocycles. The van der Waals surface area contributed by atoms with Crippen LogP contribution in [-0.4, -0.2) is 27.7 Å². The molecule has 1 atom stereocenters. The molecule has 0 aliphatic heterocycles. The molecule has 0 fully saturated rings. The molecule has 0 spiro atoms. The second-order valence-corrected chi connectivity index (χ2v) is 7.57. The molecular formula is C22H20N4O3S. The fourth-order valence-electron chi connectivity index (χ4n) is 2.96. The second kappa shape index (κ2) is 8.87. The highest BCUT2D eigenvalue weighted by Gasteiger charge is 2.25. The molecule has 0 aliphatic rings. The van der Waals surface area contributed by atoms with Gasteiger partial charge in [0, 0.05) is 24.5 Å². The van der Waals surface area contributed by atoms with Crippen molar-refractivity contribution in [1.82, 2.24) is 14.7 Å². The van der Waals surface area contributed by atoms with Gasteiger partial charge in [-0.2, -0.15) is 0 Å². The van der Waals surface area contributed by atoms with Gasteiger partial charge in [0.2, 0.25) is 5.91 Å². The lowest BCUT2D eigenvalue weighted by Gasteiger charge is -2.17.